The highest BCUT2D eigenvalue weighted by Crippen LogP contribution is 2.21. The van der Waals surface area contributed by atoms with E-state index in [0.29, 0.717) is 18.8 Å². The summed E-state index contributed by atoms with van der Waals surface area (Å²) in [6.07, 6.45) is 0. The summed E-state index contributed by atoms with van der Waals surface area (Å²) in [5.74, 6) is 0. The van der Waals surface area contributed by atoms with Crippen LogP contribution in [0, 0.1) is 0 Å². The minimum atomic E-state index is -4.36. The molecule has 8 nitrogen and oxygen atoms in total. The number of nitrogen functional groups attached to an aromatic ring is 1. The fourth-order valence-electron chi connectivity index (χ4n) is 1.22. The number of nitrogens with one attached hydrogen (secondary N) is 2. The van der Waals surface area contributed by atoms with Crippen molar-refractivity contribution in [3.8, 4) is 0 Å². The predicted molar refractivity (Wildman–Crippen MR) is 66.7 cm³/mol. The lowest BCUT2D eigenvalue weighted by molar-refractivity contribution is 0.252. The maximum Gasteiger partial charge on any atom is 0.319 e. The Labute approximate surface area is 104 Å². The molecule has 0 heterocycles. The van der Waals surface area contributed by atoms with Crippen molar-refractivity contribution in [2.45, 2.75) is 4.90 Å². The first-order valence-electron chi connectivity index (χ1n) is 4.96. The number of anilines is 2. The van der Waals surface area contributed by atoms with E-state index in [0.717, 1.165) is 6.07 Å². The molecule has 0 fully saturated rings. The Balaban J connectivity index is 2.82. The van der Waals surface area contributed by atoms with Gasteiger partial charge in [0.2, 0.25) is 0 Å². The zero-order valence-corrected chi connectivity index (χ0v) is 10.2. The van der Waals surface area contributed by atoms with Gasteiger partial charge in [-0.15, -0.1) is 0 Å². The van der Waals surface area contributed by atoms with E-state index in [1.165, 1.54) is 12.1 Å². The van der Waals surface area contributed by atoms with Gasteiger partial charge in [-0.3, -0.25) is 4.55 Å². The van der Waals surface area contributed by atoms with Crippen molar-refractivity contribution in [2.24, 2.45) is 5.73 Å². The Bertz CT molecular complexity index is 543. The van der Waals surface area contributed by atoms with Crippen molar-refractivity contribution >= 4 is 27.5 Å². The monoisotopic (exact) mass is 274 g/mol. The van der Waals surface area contributed by atoms with E-state index in [4.69, 9.17) is 16.0 Å². The highest BCUT2D eigenvalue weighted by atomic mass is 32.2. The number of nitrogens with two attached hydrogens (primary N) is 2. The fraction of sp³-hybridized carbons (Fsp3) is 0.222. The van der Waals surface area contributed by atoms with Crippen LogP contribution in [0.1, 0.15) is 0 Å². The van der Waals surface area contributed by atoms with Crippen LogP contribution in [0.3, 0.4) is 0 Å². The molecule has 0 aliphatic carbocycles. The first kappa shape index (κ1) is 14.2. The third kappa shape index (κ3) is 3.87. The summed E-state index contributed by atoms with van der Waals surface area (Å²) in [5.41, 5.74) is 10.8. The van der Waals surface area contributed by atoms with Gasteiger partial charge >= 0.3 is 6.03 Å². The van der Waals surface area contributed by atoms with E-state index in [1.807, 2.05) is 0 Å². The molecule has 1 rings (SSSR count). The van der Waals surface area contributed by atoms with Crippen LogP contribution in [0.4, 0.5) is 16.2 Å². The van der Waals surface area contributed by atoms with Gasteiger partial charge in [0.25, 0.3) is 10.1 Å². The van der Waals surface area contributed by atoms with E-state index < -0.39 is 21.0 Å². The van der Waals surface area contributed by atoms with E-state index in [9.17, 15) is 13.2 Å². The van der Waals surface area contributed by atoms with Gasteiger partial charge in [0.1, 0.15) is 4.90 Å². The number of benzene rings is 1. The molecular formula is C9H14N4O4S. The van der Waals surface area contributed by atoms with Crippen LogP contribution in [0.15, 0.2) is 23.1 Å². The average molecular weight is 274 g/mol. The molecule has 0 saturated carbocycles. The Morgan fingerprint density at radius 2 is 2.06 bits per heavy atom. The van der Waals surface area contributed by atoms with Gasteiger partial charge in [-0.25, -0.2) is 4.79 Å². The Morgan fingerprint density at radius 1 is 1.39 bits per heavy atom. The van der Waals surface area contributed by atoms with Crippen LogP contribution in [0.2, 0.25) is 0 Å². The Hall–Kier alpha value is -1.84. The largest absolute Gasteiger partial charge is 0.398 e. The van der Waals surface area contributed by atoms with Gasteiger partial charge in [0.05, 0.1) is 5.69 Å². The second-order valence-corrected chi connectivity index (χ2v) is 4.79. The molecule has 7 N–H and O–H groups in total. The van der Waals surface area contributed by atoms with Crippen molar-refractivity contribution in [3.05, 3.63) is 18.2 Å². The summed E-state index contributed by atoms with van der Waals surface area (Å²) in [6, 6.07) is 3.15. The second-order valence-electron chi connectivity index (χ2n) is 3.40. The Kier molecular flexibility index (Phi) is 4.48. The molecule has 0 aliphatic heterocycles. The van der Waals surface area contributed by atoms with Crippen molar-refractivity contribution in [3.63, 3.8) is 0 Å². The molecule has 0 aromatic heterocycles. The van der Waals surface area contributed by atoms with Crippen LogP contribution < -0.4 is 22.1 Å². The van der Waals surface area contributed by atoms with Crippen LogP contribution in [0.25, 0.3) is 0 Å². The molecule has 18 heavy (non-hydrogen) atoms. The molecular weight excluding hydrogens is 260 g/mol. The minimum absolute atomic E-state index is 0.158. The molecule has 0 aliphatic rings. The molecule has 0 atom stereocenters. The molecule has 0 radical (unpaired) electrons. The van der Waals surface area contributed by atoms with E-state index >= 15 is 0 Å². The summed E-state index contributed by atoms with van der Waals surface area (Å²) in [6.45, 7) is 0.613. The lowest BCUT2D eigenvalue weighted by atomic mass is 10.3. The molecule has 2 amide bonds. The van der Waals surface area contributed by atoms with Crippen LogP contribution in [-0.2, 0) is 10.1 Å². The molecule has 0 bridgehead atoms. The van der Waals surface area contributed by atoms with Crippen LogP contribution >= 0.6 is 0 Å². The number of amides is 2. The average Bonchev–Trinajstić information content (AvgIpc) is 2.24. The van der Waals surface area contributed by atoms with Gasteiger partial charge in [-0.05, 0) is 18.2 Å². The lowest BCUT2D eigenvalue weighted by Crippen LogP contribution is -2.32. The molecule has 100 valence electrons. The summed E-state index contributed by atoms with van der Waals surface area (Å²) in [5, 5.41) is 4.90. The van der Waals surface area contributed by atoms with Gasteiger partial charge in [-0.2, -0.15) is 8.42 Å². The van der Waals surface area contributed by atoms with Gasteiger partial charge < -0.3 is 22.1 Å². The third-order valence-corrected chi connectivity index (χ3v) is 2.90. The zero-order chi connectivity index (χ0) is 13.8. The molecule has 9 heteroatoms. The van der Waals surface area contributed by atoms with E-state index in [2.05, 4.69) is 10.6 Å². The quantitative estimate of drug-likeness (QED) is 0.372. The molecule has 0 saturated heterocycles. The lowest BCUT2D eigenvalue weighted by Gasteiger charge is -2.08. The maximum absolute atomic E-state index is 11.3. The number of rotatable bonds is 4. The fourth-order valence-corrected chi connectivity index (χ4v) is 1.82. The number of carbonyl (C=O) groups is 1. The third-order valence-electron chi connectivity index (χ3n) is 1.98. The van der Waals surface area contributed by atoms with Crippen molar-refractivity contribution in [1.82, 2.24) is 5.32 Å². The molecule has 1 aromatic rings. The summed E-state index contributed by atoms with van der Waals surface area (Å²) in [7, 11) is -4.36. The number of carbonyl (C=O) groups excluding carboxylic acids is 1. The first-order chi connectivity index (χ1) is 8.34. The van der Waals surface area contributed by atoms with Crippen molar-refractivity contribution in [1.29, 1.82) is 0 Å². The summed E-state index contributed by atoms with van der Waals surface area (Å²) >= 11 is 0. The van der Waals surface area contributed by atoms with Crippen LogP contribution in [0.5, 0.6) is 0 Å². The minimum Gasteiger partial charge on any atom is -0.398 e. The summed E-state index contributed by atoms with van der Waals surface area (Å²) < 4.78 is 30.6. The predicted octanol–water partition coefficient (Wildman–Crippen LogP) is -0.404. The van der Waals surface area contributed by atoms with Crippen LogP contribution in [-0.4, -0.2) is 32.1 Å². The van der Waals surface area contributed by atoms with Gasteiger partial charge in [0.15, 0.2) is 0 Å². The second kappa shape index (κ2) is 5.67. The highest BCUT2D eigenvalue weighted by molar-refractivity contribution is 7.86. The SMILES string of the molecule is NCCNC(=O)Nc1ccc(S(=O)(=O)O)c(N)c1. The van der Waals surface area contributed by atoms with E-state index in [-0.39, 0.29) is 5.69 Å². The molecule has 1 aromatic carbocycles. The summed E-state index contributed by atoms with van der Waals surface area (Å²) in [4.78, 5) is 10.9. The topological polar surface area (TPSA) is 148 Å². The van der Waals surface area contributed by atoms with Crippen molar-refractivity contribution in [2.75, 3.05) is 24.1 Å². The zero-order valence-electron chi connectivity index (χ0n) is 9.38. The first-order valence-corrected chi connectivity index (χ1v) is 6.40. The molecule has 0 unspecified atom stereocenters. The number of urea groups is 1. The molecule has 0 spiro atoms. The standard InChI is InChI=1S/C9H14N4O4S/c10-3-4-12-9(14)13-6-1-2-8(7(11)5-6)18(15,16)17/h1-2,5H,3-4,10-11H2,(H2,12,13,14)(H,15,16,17). The number of hydrogen-bond acceptors (Lipinski definition) is 5. The number of hydrogen-bond donors (Lipinski definition) is 5. The van der Waals surface area contributed by atoms with Gasteiger partial charge in [0, 0.05) is 18.8 Å². The van der Waals surface area contributed by atoms with Crippen molar-refractivity contribution < 1.29 is 17.8 Å². The maximum atomic E-state index is 11.3. The highest BCUT2D eigenvalue weighted by Gasteiger charge is 2.14. The van der Waals surface area contributed by atoms with Gasteiger partial charge in [-0.1, -0.05) is 0 Å². The Morgan fingerprint density at radius 3 is 2.56 bits per heavy atom. The smallest absolute Gasteiger partial charge is 0.319 e. The van der Waals surface area contributed by atoms with E-state index in [1.54, 1.807) is 0 Å². The normalized spacial score (nSPS) is 11.0.